The molecule has 0 saturated heterocycles. The van der Waals surface area contributed by atoms with Crippen LogP contribution < -0.4 is 0 Å². The first-order valence-electron chi connectivity index (χ1n) is 4.03. The molecule has 0 amide bonds. The second-order valence-corrected chi connectivity index (χ2v) is 3.12. The van der Waals surface area contributed by atoms with Crippen LogP contribution in [0.4, 0.5) is 0 Å². The van der Waals surface area contributed by atoms with Gasteiger partial charge >= 0.3 is 0 Å². The van der Waals surface area contributed by atoms with Gasteiger partial charge in [0.05, 0.1) is 11.8 Å². The molecule has 0 bridgehead atoms. The predicted octanol–water partition coefficient (Wildman–Crippen LogP) is 0.277. The lowest BCUT2D eigenvalue weighted by atomic mass is 10.1. The third-order valence-corrected chi connectivity index (χ3v) is 2.11. The zero-order valence-electron chi connectivity index (χ0n) is 7.33. The first kappa shape index (κ1) is 11.0. The monoisotopic (exact) mass is 210 g/mol. The van der Waals surface area contributed by atoms with Gasteiger partial charge in [0.25, 0.3) is 0 Å². The van der Waals surface area contributed by atoms with Crippen molar-refractivity contribution in [2.24, 2.45) is 0 Å². The van der Waals surface area contributed by atoms with E-state index in [9.17, 15) is 10.2 Å². The normalized spacial score (nSPS) is 14.4. The molecule has 0 aliphatic rings. The zero-order chi connectivity index (χ0) is 10.6. The highest BCUT2D eigenvalue weighted by atomic mass is 32.1. The van der Waals surface area contributed by atoms with Gasteiger partial charge in [0.2, 0.25) is 0 Å². The van der Waals surface area contributed by atoms with Gasteiger partial charge in [-0.2, -0.15) is 17.9 Å². The summed E-state index contributed by atoms with van der Waals surface area (Å²) in [6.07, 6.45) is -2.07. The zero-order valence-corrected chi connectivity index (χ0v) is 8.22. The fourth-order valence-electron chi connectivity index (χ4n) is 0.975. The summed E-state index contributed by atoms with van der Waals surface area (Å²) in [5.41, 5.74) is 0.499. The predicted molar refractivity (Wildman–Crippen MR) is 53.8 cm³/mol. The van der Waals surface area contributed by atoms with E-state index in [1.807, 2.05) is 6.07 Å². The maximum absolute atomic E-state index is 9.54. The number of hydrogen-bond acceptors (Lipinski definition) is 5. The maximum atomic E-state index is 9.54. The fourth-order valence-corrected chi connectivity index (χ4v) is 1.18. The lowest BCUT2D eigenvalue weighted by molar-refractivity contribution is 0.0310. The first-order chi connectivity index (χ1) is 6.69. The van der Waals surface area contributed by atoms with Crippen molar-refractivity contribution in [1.29, 1.82) is 5.26 Å². The van der Waals surface area contributed by atoms with E-state index in [2.05, 4.69) is 17.6 Å². The number of aliphatic hydroxyl groups is 2. The molecule has 2 N–H and O–H groups in total. The smallest absolute Gasteiger partial charge is 0.140 e. The number of nitriles is 1. The van der Waals surface area contributed by atoms with Crippen molar-refractivity contribution in [3.05, 3.63) is 29.6 Å². The molecule has 4 nitrogen and oxygen atoms in total. The van der Waals surface area contributed by atoms with E-state index in [4.69, 9.17) is 5.26 Å². The summed E-state index contributed by atoms with van der Waals surface area (Å²) in [5, 5.41) is 27.4. The lowest BCUT2D eigenvalue weighted by Gasteiger charge is -2.14. The molecule has 0 radical (unpaired) electrons. The molecule has 1 rings (SSSR count). The van der Waals surface area contributed by atoms with Crippen molar-refractivity contribution in [3.63, 3.8) is 0 Å². The van der Waals surface area contributed by atoms with Crippen molar-refractivity contribution in [2.45, 2.75) is 12.2 Å². The fraction of sp³-hybridized carbons (Fsp3) is 0.333. The van der Waals surface area contributed by atoms with Crippen LogP contribution in [0.1, 0.15) is 17.5 Å². The minimum absolute atomic E-state index is 0.139. The Hall–Kier alpha value is -1.09. The molecule has 2 unspecified atom stereocenters. The summed E-state index contributed by atoms with van der Waals surface area (Å²) in [5.74, 6) is 0.139. The summed E-state index contributed by atoms with van der Waals surface area (Å²) in [6, 6.07) is 6.55. The molecule has 74 valence electrons. The van der Waals surface area contributed by atoms with Gasteiger partial charge in [0.1, 0.15) is 17.9 Å². The molecule has 1 aromatic rings. The summed E-state index contributed by atoms with van der Waals surface area (Å²) < 4.78 is 0. The maximum Gasteiger partial charge on any atom is 0.140 e. The van der Waals surface area contributed by atoms with Gasteiger partial charge in [0, 0.05) is 5.75 Å². The lowest BCUT2D eigenvalue weighted by Crippen LogP contribution is -2.20. The van der Waals surface area contributed by atoms with Crippen LogP contribution in [0, 0.1) is 11.3 Å². The van der Waals surface area contributed by atoms with Gasteiger partial charge in [-0.25, -0.2) is 4.98 Å². The highest BCUT2D eigenvalue weighted by molar-refractivity contribution is 7.80. The van der Waals surface area contributed by atoms with Gasteiger partial charge in [-0.15, -0.1) is 0 Å². The van der Waals surface area contributed by atoms with Crippen LogP contribution in [-0.4, -0.2) is 27.1 Å². The number of nitrogens with zero attached hydrogens (tertiary/aromatic N) is 2. The van der Waals surface area contributed by atoms with Crippen molar-refractivity contribution in [3.8, 4) is 6.07 Å². The Morgan fingerprint density at radius 2 is 2.21 bits per heavy atom. The molecular formula is C9H10N2O2S. The highest BCUT2D eigenvalue weighted by Crippen LogP contribution is 2.15. The van der Waals surface area contributed by atoms with E-state index in [0.717, 1.165) is 0 Å². The Balaban J connectivity index is 2.91. The Bertz CT molecular complexity index is 351. The van der Waals surface area contributed by atoms with Gasteiger partial charge in [-0.3, -0.25) is 0 Å². The standard InChI is InChI=1S/C9H10N2O2S/c10-4-6-2-1-3-7(11-6)9(13)8(12)5-14/h1-3,8-9,12-14H,5H2. The molecule has 0 spiro atoms. The SMILES string of the molecule is N#Cc1cccc(C(O)C(O)CS)n1. The van der Waals surface area contributed by atoms with Crippen LogP contribution >= 0.6 is 12.6 Å². The number of hydrogen-bond donors (Lipinski definition) is 3. The highest BCUT2D eigenvalue weighted by Gasteiger charge is 2.18. The molecule has 14 heavy (non-hydrogen) atoms. The number of rotatable bonds is 3. The van der Waals surface area contributed by atoms with Crippen LogP contribution in [0.25, 0.3) is 0 Å². The van der Waals surface area contributed by atoms with Crippen LogP contribution in [0.3, 0.4) is 0 Å². The Kier molecular flexibility index (Phi) is 3.89. The summed E-state index contributed by atoms with van der Waals surface area (Å²) in [6.45, 7) is 0. The van der Waals surface area contributed by atoms with Gasteiger partial charge in [-0.05, 0) is 12.1 Å². The average molecular weight is 210 g/mol. The summed E-state index contributed by atoms with van der Waals surface area (Å²) in [7, 11) is 0. The van der Waals surface area contributed by atoms with Crippen LogP contribution in [-0.2, 0) is 0 Å². The van der Waals surface area contributed by atoms with Crippen molar-refractivity contribution in [2.75, 3.05) is 5.75 Å². The number of thiol groups is 1. The molecule has 0 aliphatic heterocycles. The second-order valence-electron chi connectivity index (χ2n) is 2.75. The molecule has 1 heterocycles. The molecule has 0 saturated carbocycles. The van der Waals surface area contributed by atoms with Crippen molar-refractivity contribution in [1.82, 2.24) is 4.98 Å². The summed E-state index contributed by atoms with van der Waals surface area (Å²) >= 11 is 3.85. The van der Waals surface area contributed by atoms with Crippen molar-refractivity contribution >= 4 is 12.6 Å². The quantitative estimate of drug-likeness (QED) is 0.626. The van der Waals surface area contributed by atoms with E-state index in [1.54, 1.807) is 12.1 Å². The van der Waals surface area contributed by atoms with Gasteiger partial charge in [-0.1, -0.05) is 6.07 Å². The molecule has 0 fully saturated rings. The van der Waals surface area contributed by atoms with E-state index in [0.29, 0.717) is 0 Å². The molecular weight excluding hydrogens is 200 g/mol. The third-order valence-electron chi connectivity index (χ3n) is 1.74. The largest absolute Gasteiger partial charge is 0.389 e. The number of aromatic nitrogens is 1. The number of aliphatic hydroxyl groups excluding tert-OH is 2. The van der Waals surface area contributed by atoms with E-state index in [1.165, 1.54) is 6.07 Å². The molecule has 5 heteroatoms. The van der Waals surface area contributed by atoms with E-state index in [-0.39, 0.29) is 17.1 Å². The van der Waals surface area contributed by atoms with E-state index >= 15 is 0 Å². The molecule has 0 aliphatic carbocycles. The topological polar surface area (TPSA) is 77.1 Å². The Morgan fingerprint density at radius 1 is 1.50 bits per heavy atom. The van der Waals surface area contributed by atoms with Crippen molar-refractivity contribution < 1.29 is 10.2 Å². The first-order valence-corrected chi connectivity index (χ1v) is 4.66. The Labute approximate surface area is 87.2 Å². The minimum Gasteiger partial charge on any atom is -0.389 e. The van der Waals surface area contributed by atoms with Crippen LogP contribution in [0.15, 0.2) is 18.2 Å². The summed E-state index contributed by atoms with van der Waals surface area (Å²) in [4.78, 5) is 3.86. The van der Waals surface area contributed by atoms with Crippen LogP contribution in [0.5, 0.6) is 0 Å². The molecule has 0 aromatic carbocycles. The van der Waals surface area contributed by atoms with Gasteiger partial charge in [0.15, 0.2) is 0 Å². The molecule has 1 aromatic heterocycles. The van der Waals surface area contributed by atoms with Gasteiger partial charge < -0.3 is 10.2 Å². The average Bonchev–Trinajstić information content (AvgIpc) is 2.27. The van der Waals surface area contributed by atoms with E-state index < -0.39 is 12.2 Å². The second kappa shape index (κ2) is 4.96. The number of pyridine rings is 1. The molecule has 2 atom stereocenters. The third kappa shape index (κ3) is 2.45. The van der Waals surface area contributed by atoms with Crippen LogP contribution in [0.2, 0.25) is 0 Å². The Morgan fingerprint density at radius 3 is 2.79 bits per heavy atom. The minimum atomic E-state index is -1.10.